The third-order valence-corrected chi connectivity index (χ3v) is 4.19. The van der Waals surface area contributed by atoms with Gasteiger partial charge in [0, 0.05) is 5.33 Å². The predicted molar refractivity (Wildman–Crippen MR) is 92.0 cm³/mol. The Bertz CT molecular complexity index is 338. The van der Waals surface area contributed by atoms with E-state index in [1.165, 1.54) is 63.4 Å². The van der Waals surface area contributed by atoms with Crippen molar-refractivity contribution in [2.75, 3.05) is 11.9 Å². The summed E-state index contributed by atoms with van der Waals surface area (Å²) >= 11 is 3.48. The first-order chi connectivity index (χ1) is 9.84. The summed E-state index contributed by atoms with van der Waals surface area (Å²) < 4.78 is 5.80. The van der Waals surface area contributed by atoms with Crippen molar-refractivity contribution in [3.63, 3.8) is 0 Å². The zero-order valence-electron chi connectivity index (χ0n) is 12.9. The molecule has 0 bridgehead atoms. The molecule has 2 heteroatoms. The van der Waals surface area contributed by atoms with Gasteiger partial charge in [0.05, 0.1) is 6.61 Å². The van der Waals surface area contributed by atoms with Crippen LogP contribution in [0.1, 0.15) is 63.4 Å². The molecule has 0 aliphatic carbocycles. The van der Waals surface area contributed by atoms with Crippen LogP contribution >= 0.6 is 15.9 Å². The smallest absolute Gasteiger partial charge is 0.122 e. The van der Waals surface area contributed by atoms with Crippen LogP contribution < -0.4 is 4.74 Å². The van der Waals surface area contributed by atoms with Crippen molar-refractivity contribution in [1.29, 1.82) is 0 Å². The monoisotopic (exact) mass is 340 g/mol. The van der Waals surface area contributed by atoms with Crippen LogP contribution in [0.4, 0.5) is 0 Å². The van der Waals surface area contributed by atoms with Gasteiger partial charge in [0.15, 0.2) is 0 Å². The molecule has 0 aliphatic rings. The molecular formula is C18H29BrO. The molecule has 0 atom stereocenters. The molecule has 1 aromatic carbocycles. The third-order valence-electron chi connectivity index (χ3n) is 3.63. The number of ether oxygens (including phenoxy) is 1. The lowest BCUT2D eigenvalue weighted by molar-refractivity contribution is 0.302. The number of rotatable bonds is 12. The van der Waals surface area contributed by atoms with Crippen molar-refractivity contribution in [1.82, 2.24) is 0 Å². The van der Waals surface area contributed by atoms with Gasteiger partial charge in [-0.1, -0.05) is 79.1 Å². The van der Waals surface area contributed by atoms with Crippen LogP contribution in [-0.4, -0.2) is 11.9 Å². The van der Waals surface area contributed by atoms with E-state index in [9.17, 15) is 0 Å². The summed E-state index contributed by atoms with van der Waals surface area (Å²) in [4.78, 5) is 0. The Morgan fingerprint density at radius 1 is 0.800 bits per heavy atom. The molecule has 0 heterocycles. The molecule has 114 valence electrons. The van der Waals surface area contributed by atoms with Crippen molar-refractivity contribution in [3.8, 4) is 5.75 Å². The van der Waals surface area contributed by atoms with Crippen LogP contribution in [0.25, 0.3) is 0 Å². The lowest BCUT2D eigenvalue weighted by atomic mass is 10.1. The summed E-state index contributed by atoms with van der Waals surface area (Å²) in [5.74, 6) is 1.04. The SMILES string of the molecule is Cc1ccccc1OCCCCCCCCCCCBr. The second-order valence-electron chi connectivity index (χ2n) is 5.48. The Morgan fingerprint density at radius 2 is 1.35 bits per heavy atom. The fourth-order valence-corrected chi connectivity index (χ4v) is 2.73. The minimum absolute atomic E-state index is 0.857. The standard InChI is InChI=1S/C18H29BrO/c1-17-13-9-10-14-18(17)20-16-12-8-6-4-2-3-5-7-11-15-19/h9-10,13-14H,2-8,11-12,15-16H2,1H3. The Labute approximate surface area is 133 Å². The van der Waals surface area contributed by atoms with E-state index in [0.29, 0.717) is 0 Å². The number of para-hydroxylation sites is 1. The maximum atomic E-state index is 5.80. The Morgan fingerprint density at radius 3 is 1.95 bits per heavy atom. The maximum absolute atomic E-state index is 5.80. The van der Waals surface area contributed by atoms with Crippen molar-refractivity contribution in [3.05, 3.63) is 29.8 Å². The van der Waals surface area contributed by atoms with Gasteiger partial charge in [0.25, 0.3) is 0 Å². The largest absolute Gasteiger partial charge is 0.493 e. The van der Waals surface area contributed by atoms with Gasteiger partial charge < -0.3 is 4.74 Å². The molecule has 0 N–H and O–H groups in total. The maximum Gasteiger partial charge on any atom is 0.122 e. The van der Waals surface area contributed by atoms with Crippen molar-refractivity contribution in [2.45, 2.75) is 64.7 Å². The van der Waals surface area contributed by atoms with Gasteiger partial charge in [0.1, 0.15) is 5.75 Å². The van der Waals surface area contributed by atoms with E-state index < -0.39 is 0 Å². The zero-order valence-corrected chi connectivity index (χ0v) is 14.5. The predicted octanol–water partition coefficient (Wildman–Crippen LogP) is 6.28. The number of hydrogen-bond acceptors (Lipinski definition) is 1. The van der Waals surface area contributed by atoms with Gasteiger partial charge in [-0.2, -0.15) is 0 Å². The molecule has 1 rings (SSSR count). The minimum atomic E-state index is 0.857. The molecule has 0 spiro atoms. The number of benzene rings is 1. The fraction of sp³-hybridized carbons (Fsp3) is 0.667. The quantitative estimate of drug-likeness (QED) is 0.321. The first kappa shape index (κ1) is 17.6. The summed E-state index contributed by atoms with van der Waals surface area (Å²) in [6, 6.07) is 8.26. The highest BCUT2D eigenvalue weighted by Gasteiger charge is 1.97. The second-order valence-corrected chi connectivity index (χ2v) is 6.28. The van der Waals surface area contributed by atoms with E-state index in [4.69, 9.17) is 4.74 Å². The van der Waals surface area contributed by atoms with E-state index in [2.05, 4.69) is 41.1 Å². The van der Waals surface area contributed by atoms with Gasteiger partial charge in [-0.05, 0) is 31.4 Å². The Kier molecular flexibility index (Phi) is 10.8. The summed E-state index contributed by atoms with van der Waals surface area (Å²) in [5, 5.41) is 1.16. The molecule has 0 saturated heterocycles. The molecule has 1 aromatic rings. The molecule has 0 amide bonds. The average Bonchev–Trinajstić information content (AvgIpc) is 2.46. The van der Waals surface area contributed by atoms with Crippen molar-refractivity contribution in [2.24, 2.45) is 0 Å². The van der Waals surface area contributed by atoms with Crippen LogP contribution in [0.5, 0.6) is 5.75 Å². The lowest BCUT2D eigenvalue weighted by Gasteiger charge is -2.08. The summed E-state index contributed by atoms with van der Waals surface area (Å²) in [6.07, 6.45) is 12.2. The number of unbranched alkanes of at least 4 members (excludes halogenated alkanes) is 8. The molecule has 0 unspecified atom stereocenters. The van der Waals surface area contributed by atoms with Gasteiger partial charge in [0.2, 0.25) is 0 Å². The van der Waals surface area contributed by atoms with Gasteiger partial charge in [-0.25, -0.2) is 0 Å². The van der Waals surface area contributed by atoms with Crippen LogP contribution in [-0.2, 0) is 0 Å². The molecule has 0 fully saturated rings. The summed E-state index contributed by atoms with van der Waals surface area (Å²) in [6.45, 7) is 2.96. The number of aryl methyl sites for hydroxylation is 1. The van der Waals surface area contributed by atoms with Crippen LogP contribution in [0, 0.1) is 6.92 Å². The first-order valence-electron chi connectivity index (χ1n) is 8.09. The molecule has 20 heavy (non-hydrogen) atoms. The minimum Gasteiger partial charge on any atom is -0.493 e. The number of halogens is 1. The van der Waals surface area contributed by atoms with E-state index in [0.717, 1.165) is 17.7 Å². The molecule has 0 aliphatic heterocycles. The van der Waals surface area contributed by atoms with Crippen molar-refractivity contribution >= 4 is 15.9 Å². The van der Waals surface area contributed by atoms with Gasteiger partial charge >= 0.3 is 0 Å². The fourth-order valence-electron chi connectivity index (χ4n) is 2.33. The van der Waals surface area contributed by atoms with E-state index in [1.54, 1.807) is 0 Å². The highest BCUT2D eigenvalue weighted by atomic mass is 79.9. The topological polar surface area (TPSA) is 9.23 Å². The van der Waals surface area contributed by atoms with Gasteiger partial charge in [-0.3, -0.25) is 0 Å². The third kappa shape index (κ3) is 8.63. The van der Waals surface area contributed by atoms with Crippen LogP contribution in [0.2, 0.25) is 0 Å². The summed E-state index contributed by atoms with van der Waals surface area (Å²) in [7, 11) is 0. The van der Waals surface area contributed by atoms with Crippen molar-refractivity contribution < 1.29 is 4.74 Å². The summed E-state index contributed by atoms with van der Waals surface area (Å²) in [5.41, 5.74) is 1.23. The highest BCUT2D eigenvalue weighted by molar-refractivity contribution is 9.09. The number of hydrogen-bond donors (Lipinski definition) is 0. The first-order valence-corrected chi connectivity index (χ1v) is 9.21. The van der Waals surface area contributed by atoms with E-state index in [-0.39, 0.29) is 0 Å². The van der Waals surface area contributed by atoms with Crippen LogP contribution in [0.3, 0.4) is 0 Å². The zero-order chi connectivity index (χ0) is 14.5. The second kappa shape index (κ2) is 12.3. The van der Waals surface area contributed by atoms with Gasteiger partial charge in [-0.15, -0.1) is 0 Å². The van der Waals surface area contributed by atoms with Crippen LogP contribution in [0.15, 0.2) is 24.3 Å². The Balaban J connectivity index is 1.87. The normalized spacial score (nSPS) is 10.7. The molecular weight excluding hydrogens is 312 g/mol. The molecule has 0 aromatic heterocycles. The number of alkyl halides is 1. The lowest BCUT2D eigenvalue weighted by Crippen LogP contribution is -1.98. The molecule has 0 saturated carbocycles. The highest BCUT2D eigenvalue weighted by Crippen LogP contribution is 2.17. The Hall–Kier alpha value is -0.500. The molecule has 1 nitrogen and oxygen atoms in total. The van der Waals surface area contributed by atoms with E-state index in [1.807, 2.05) is 6.07 Å². The van der Waals surface area contributed by atoms with E-state index >= 15 is 0 Å². The molecule has 0 radical (unpaired) electrons. The average molecular weight is 341 g/mol.